The summed E-state index contributed by atoms with van der Waals surface area (Å²) in [5, 5.41) is 10.1. The van der Waals surface area contributed by atoms with Crippen LogP contribution < -0.4 is 5.32 Å². The van der Waals surface area contributed by atoms with Gasteiger partial charge in [-0.05, 0) is 32.1 Å². The summed E-state index contributed by atoms with van der Waals surface area (Å²) in [5.74, 6) is 0.801. The quantitative estimate of drug-likeness (QED) is 0.534. The van der Waals surface area contributed by atoms with E-state index in [-0.39, 0.29) is 5.91 Å². The van der Waals surface area contributed by atoms with Gasteiger partial charge in [-0.1, -0.05) is 29.8 Å². The molecule has 1 saturated heterocycles. The van der Waals surface area contributed by atoms with E-state index in [0.29, 0.717) is 24.3 Å². The SMILES string of the molecule is Cc1ccc(-c2n[nH]c(=S)n2CCC(=O)NCCCN2CCOCC2)cc1. The van der Waals surface area contributed by atoms with Crippen LogP contribution in [0.15, 0.2) is 24.3 Å². The molecule has 0 unspecified atom stereocenters. The third kappa shape index (κ3) is 5.72. The fourth-order valence-electron chi connectivity index (χ4n) is 3.11. The molecule has 2 N–H and O–H groups in total. The molecule has 7 nitrogen and oxygen atoms in total. The molecular weight excluding hydrogens is 362 g/mol. The van der Waals surface area contributed by atoms with E-state index in [1.165, 1.54) is 5.56 Å². The van der Waals surface area contributed by atoms with Gasteiger partial charge in [-0.3, -0.25) is 19.4 Å². The van der Waals surface area contributed by atoms with Gasteiger partial charge in [-0.25, -0.2) is 0 Å². The first-order chi connectivity index (χ1) is 13.1. The Hall–Kier alpha value is -2.03. The largest absolute Gasteiger partial charge is 0.379 e. The van der Waals surface area contributed by atoms with Crippen LogP contribution in [0.3, 0.4) is 0 Å². The van der Waals surface area contributed by atoms with Gasteiger partial charge in [0.25, 0.3) is 0 Å². The fraction of sp³-hybridized carbons (Fsp3) is 0.526. The van der Waals surface area contributed by atoms with Crippen molar-refractivity contribution in [2.75, 3.05) is 39.4 Å². The van der Waals surface area contributed by atoms with Gasteiger partial charge in [0.1, 0.15) is 0 Å². The molecule has 146 valence electrons. The van der Waals surface area contributed by atoms with Crippen LogP contribution in [0.4, 0.5) is 0 Å². The molecule has 2 heterocycles. The van der Waals surface area contributed by atoms with Gasteiger partial charge in [0.15, 0.2) is 10.6 Å². The summed E-state index contributed by atoms with van der Waals surface area (Å²) in [4.78, 5) is 14.5. The number of hydrogen-bond acceptors (Lipinski definition) is 5. The van der Waals surface area contributed by atoms with Crippen LogP contribution in [0, 0.1) is 11.7 Å². The maximum atomic E-state index is 12.2. The Kier molecular flexibility index (Phi) is 7.14. The van der Waals surface area contributed by atoms with Gasteiger partial charge in [0.05, 0.1) is 13.2 Å². The molecule has 2 aromatic rings. The van der Waals surface area contributed by atoms with E-state index in [9.17, 15) is 4.79 Å². The lowest BCUT2D eigenvalue weighted by molar-refractivity contribution is -0.121. The van der Waals surface area contributed by atoms with E-state index < -0.39 is 0 Å². The number of nitrogens with zero attached hydrogens (tertiary/aromatic N) is 3. The minimum absolute atomic E-state index is 0.0370. The lowest BCUT2D eigenvalue weighted by atomic mass is 10.1. The monoisotopic (exact) mass is 389 g/mol. The van der Waals surface area contributed by atoms with Crippen molar-refractivity contribution in [3.8, 4) is 11.4 Å². The van der Waals surface area contributed by atoms with Crippen molar-refractivity contribution >= 4 is 18.1 Å². The van der Waals surface area contributed by atoms with Crippen LogP contribution in [0.2, 0.25) is 0 Å². The second-order valence-corrected chi connectivity index (χ2v) is 7.16. The maximum absolute atomic E-state index is 12.2. The van der Waals surface area contributed by atoms with E-state index in [1.54, 1.807) is 0 Å². The minimum Gasteiger partial charge on any atom is -0.379 e. The second kappa shape index (κ2) is 9.77. The van der Waals surface area contributed by atoms with Gasteiger partial charge in [-0.2, -0.15) is 5.10 Å². The highest BCUT2D eigenvalue weighted by Crippen LogP contribution is 2.18. The summed E-state index contributed by atoms with van der Waals surface area (Å²) in [6.07, 6.45) is 1.33. The Bertz CT molecular complexity index is 793. The van der Waals surface area contributed by atoms with Crippen molar-refractivity contribution in [1.29, 1.82) is 0 Å². The zero-order valence-electron chi connectivity index (χ0n) is 15.7. The van der Waals surface area contributed by atoms with Crippen LogP contribution in [0.1, 0.15) is 18.4 Å². The molecule has 1 fully saturated rings. The lowest BCUT2D eigenvalue weighted by Crippen LogP contribution is -2.38. The number of H-pyrrole nitrogens is 1. The van der Waals surface area contributed by atoms with Gasteiger partial charge >= 0.3 is 0 Å². The van der Waals surface area contributed by atoms with Crippen LogP contribution in [0.5, 0.6) is 0 Å². The molecule has 0 spiro atoms. The molecule has 0 bridgehead atoms. The topological polar surface area (TPSA) is 75.2 Å². The average Bonchev–Trinajstić information content (AvgIpc) is 3.05. The van der Waals surface area contributed by atoms with Crippen molar-refractivity contribution in [1.82, 2.24) is 25.0 Å². The Morgan fingerprint density at radius 2 is 2.00 bits per heavy atom. The van der Waals surface area contributed by atoms with Crippen LogP contribution >= 0.6 is 12.2 Å². The Morgan fingerprint density at radius 3 is 2.74 bits per heavy atom. The van der Waals surface area contributed by atoms with Crippen LogP contribution in [-0.2, 0) is 16.1 Å². The number of carbonyl (C=O) groups excluding carboxylic acids is 1. The number of morpholine rings is 1. The van der Waals surface area contributed by atoms with E-state index in [2.05, 4.69) is 20.4 Å². The third-order valence-corrected chi connectivity index (χ3v) is 5.02. The molecule has 0 saturated carbocycles. The number of amides is 1. The van der Waals surface area contributed by atoms with E-state index in [0.717, 1.165) is 50.7 Å². The number of carbonyl (C=O) groups is 1. The summed E-state index contributed by atoms with van der Waals surface area (Å²) in [5.41, 5.74) is 2.18. The summed E-state index contributed by atoms with van der Waals surface area (Å²) >= 11 is 5.33. The van der Waals surface area contributed by atoms with E-state index >= 15 is 0 Å². The second-order valence-electron chi connectivity index (χ2n) is 6.78. The van der Waals surface area contributed by atoms with E-state index in [4.69, 9.17) is 17.0 Å². The molecule has 1 aromatic heterocycles. The summed E-state index contributed by atoms with van der Waals surface area (Å²) in [6, 6.07) is 8.11. The van der Waals surface area contributed by atoms with Crippen molar-refractivity contribution in [3.05, 3.63) is 34.6 Å². The van der Waals surface area contributed by atoms with E-state index in [1.807, 2.05) is 35.8 Å². The van der Waals surface area contributed by atoms with Crippen molar-refractivity contribution < 1.29 is 9.53 Å². The molecule has 0 aliphatic carbocycles. The molecule has 0 atom stereocenters. The molecule has 0 radical (unpaired) electrons. The molecule has 8 heteroatoms. The molecule has 1 amide bonds. The highest BCUT2D eigenvalue weighted by atomic mass is 32.1. The number of hydrogen-bond donors (Lipinski definition) is 2. The number of aryl methyl sites for hydroxylation is 1. The Morgan fingerprint density at radius 1 is 1.26 bits per heavy atom. The number of rotatable bonds is 8. The first-order valence-electron chi connectivity index (χ1n) is 9.42. The molecule has 27 heavy (non-hydrogen) atoms. The Labute approximate surface area is 164 Å². The summed E-state index contributed by atoms with van der Waals surface area (Å²) in [6.45, 7) is 7.81. The van der Waals surface area contributed by atoms with Gasteiger partial charge in [0.2, 0.25) is 5.91 Å². The standard InChI is InChI=1S/C19H27N5O2S/c1-15-3-5-16(6-4-15)18-21-22-19(27)24(18)10-7-17(25)20-8-2-9-23-11-13-26-14-12-23/h3-6H,2,7-14H2,1H3,(H,20,25)(H,22,27). The fourth-order valence-corrected chi connectivity index (χ4v) is 3.33. The molecular formula is C19H27N5O2S. The van der Waals surface area contributed by atoms with Crippen LogP contribution in [0.25, 0.3) is 11.4 Å². The van der Waals surface area contributed by atoms with Crippen molar-refractivity contribution in [3.63, 3.8) is 0 Å². The average molecular weight is 390 g/mol. The molecule has 1 aromatic carbocycles. The molecule has 1 aliphatic heterocycles. The molecule has 1 aliphatic rings. The molecule has 3 rings (SSSR count). The van der Waals surface area contributed by atoms with Gasteiger partial charge in [-0.15, -0.1) is 0 Å². The highest BCUT2D eigenvalue weighted by molar-refractivity contribution is 7.71. The number of ether oxygens (including phenoxy) is 1. The third-order valence-electron chi connectivity index (χ3n) is 4.71. The maximum Gasteiger partial charge on any atom is 0.221 e. The number of aromatic amines is 1. The summed E-state index contributed by atoms with van der Waals surface area (Å²) in [7, 11) is 0. The van der Waals surface area contributed by atoms with Crippen molar-refractivity contribution in [2.24, 2.45) is 0 Å². The predicted molar refractivity (Wildman–Crippen MR) is 107 cm³/mol. The number of benzene rings is 1. The highest BCUT2D eigenvalue weighted by Gasteiger charge is 2.12. The summed E-state index contributed by atoms with van der Waals surface area (Å²) < 4.78 is 7.75. The first kappa shape index (κ1) is 19.7. The normalized spacial score (nSPS) is 15.0. The number of nitrogens with one attached hydrogen (secondary N) is 2. The zero-order chi connectivity index (χ0) is 19.1. The van der Waals surface area contributed by atoms with Crippen LogP contribution in [-0.4, -0.2) is 65.0 Å². The van der Waals surface area contributed by atoms with Gasteiger partial charge in [0, 0.05) is 38.2 Å². The lowest BCUT2D eigenvalue weighted by Gasteiger charge is -2.26. The first-order valence-corrected chi connectivity index (χ1v) is 9.83. The van der Waals surface area contributed by atoms with Gasteiger partial charge < -0.3 is 10.1 Å². The predicted octanol–water partition coefficient (Wildman–Crippen LogP) is 2.14. The minimum atomic E-state index is 0.0370. The number of aromatic nitrogens is 3. The Balaban J connectivity index is 1.45. The van der Waals surface area contributed by atoms with Crippen molar-refractivity contribution in [2.45, 2.75) is 26.3 Å². The smallest absolute Gasteiger partial charge is 0.221 e. The zero-order valence-corrected chi connectivity index (χ0v) is 16.6.